The van der Waals surface area contributed by atoms with Gasteiger partial charge in [0.1, 0.15) is 13.2 Å². The van der Waals surface area contributed by atoms with Crippen LogP contribution >= 0.6 is 0 Å². The van der Waals surface area contributed by atoms with Crippen LogP contribution in [0.2, 0.25) is 0 Å². The molecule has 1 unspecified atom stereocenters. The molecular formula is C67H120O6. The van der Waals surface area contributed by atoms with E-state index < -0.39 is 6.10 Å². The summed E-state index contributed by atoms with van der Waals surface area (Å²) in [6.45, 7) is 6.54. The van der Waals surface area contributed by atoms with Gasteiger partial charge in [-0.3, -0.25) is 14.4 Å². The van der Waals surface area contributed by atoms with E-state index in [0.29, 0.717) is 19.3 Å². The van der Waals surface area contributed by atoms with Crippen molar-refractivity contribution in [1.29, 1.82) is 0 Å². The first-order chi connectivity index (χ1) is 36.0. The van der Waals surface area contributed by atoms with E-state index in [1.54, 1.807) is 0 Å². The predicted octanol–water partition coefficient (Wildman–Crippen LogP) is 21.6. The zero-order valence-corrected chi connectivity index (χ0v) is 48.7. The van der Waals surface area contributed by atoms with Crippen molar-refractivity contribution in [2.24, 2.45) is 0 Å². The number of hydrogen-bond donors (Lipinski definition) is 0. The minimum Gasteiger partial charge on any atom is -0.462 e. The molecule has 0 heterocycles. The molecule has 0 aromatic carbocycles. The minimum atomic E-state index is -0.785. The van der Waals surface area contributed by atoms with Crippen molar-refractivity contribution in [3.05, 3.63) is 60.8 Å². The number of ether oxygens (including phenoxy) is 3. The Morgan fingerprint density at radius 3 is 0.849 bits per heavy atom. The molecule has 1 atom stereocenters. The summed E-state index contributed by atoms with van der Waals surface area (Å²) >= 11 is 0. The van der Waals surface area contributed by atoms with Crippen molar-refractivity contribution >= 4 is 17.9 Å². The quantitative estimate of drug-likeness (QED) is 0.0261. The second-order valence-electron chi connectivity index (χ2n) is 21.3. The molecule has 6 nitrogen and oxygen atoms in total. The van der Waals surface area contributed by atoms with Crippen LogP contribution in [-0.4, -0.2) is 37.2 Å². The number of rotatable bonds is 58. The minimum absolute atomic E-state index is 0.0809. The fourth-order valence-electron chi connectivity index (χ4n) is 9.25. The van der Waals surface area contributed by atoms with Crippen LogP contribution in [0.1, 0.15) is 329 Å². The lowest BCUT2D eigenvalue weighted by Crippen LogP contribution is -2.30. The molecule has 0 rings (SSSR count). The van der Waals surface area contributed by atoms with Gasteiger partial charge >= 0.3 is 17.9 Å². The lowest BCUT2D eigenvalue weighted by atomic mass is 10.0. The zero-order valence-electron chi connectivity index (χ0n) is 48.7. The van der Waals surface area contributed by atoms with E-state index in [4.69, 9.17) is 14.2 Å². The van der Waals surface area contributed by atoms with Crippen molar-refractivity contribution in [3.63, 3.8) is 0 Å². The molecule has 0 radical (unpaired) electrons. The van der Waals surface area contributed by atoms with E-state index >= 15 is 0 Å². The maximum Gasteiger partial charge on any atom is 0.306 e. The Balaban J connectivity index is 4.21. The van der Waals surface area contributed by atoms with Gasteiger partial charge < -0.3 is 14.2 Å². The standard InChI is InChI=1S/C67H120O6/c1-4-7-10-13-16-19-22-24-26-28-29-30-31-32-33-34-35-36-37-39-40-42-45-48-51-54-57-60-66(69)72-63-64(62-71-65(68)59-56-53-50-47-44-21-18-15-12-9-6-3)73-67(70)61-58-55-52-49-46-43-41-38-27-25-23-20-17-14-11-8-5-2/h8,11,17,20,25,27-29,41,43,64H,4-7,9-10,12-16,18-19,21-24,26,30-40,42,44-63H2,1-3H3/b11-8-,20-17-,27-25-,29-28-,43-41-. The van der Waals surface area contributed by atoms with Crippen LogP contribution < -0.4 is 0 Å². The smallest absolute Gasteiger partial charge is 0.306 e. The molecule has 0 spiro atoms. The average Bonchev–Trinajstić information content (AvgIpc) is 3.39. The van der Waals surface area contributed by atoms with Crippen LogP contribution in [0.25, 0.3) is 0 Å². The van der Waals surface area contributed by atoms with Crippen molar-refractivity contribution in [2.75, 3.05) is 13.2 Å². The van der Waals surface area contributed by atoms with Gasteiger partial charge in [0.05, 0.1) is 0 Å². The lowest BCUT2D eigenvalue weighted by Gasteiger charge is -2.18. The van der Waals surface area contributed by atoms with Crippen molar-refractivity contribution in [1.82, 2.24) is 0 Å². The fourth-order valence-corrected chi connectivity index (χ4v) is 9.25. The number of esters is 3. The molecular weight excluding hydrogens is 901 g/mol. The summed E-state index contributed by atoms with van der Waals surface area (Å²) in [5, 5.41) is 0. The number of carbonyl (C=O) groups is 3. The number of unbranched alkanes of at least 4 members (excludes halogenated alkanes) is 37. The third-order valence-electron chi connectivity index (χ3n) is 14.0. The van der Waals surface area contributed by atoms with Crippen LogP contribution in [0.5, 0.6) is 0 Å². The van der Waals surface area contributed by atoms with E-state index in [2.05, 4.69) is 81.5 Å². The fraction of sp³-hybridized carbons (Fsp3) is 0.806. The number of allylic oxidation sites excluding steroid dienone is 10. The first-order valence-electron chi connectivity index (χ1n) is 31.8. The highest BCUT2D eigenvalue weighted by Crippen LogP contribution is 2.17. The maximum atomic E-state index is 12.9. The number of hydrogen-bond acceptors (Lipinski definition) is 6. The molecule has 0 aliphatic carbocycles. The zero-order chi connectivity index (χ0) is 52.9. The molecule has 0 aromatic rings. The topological polar surface area (TPSA) is 78.9 Å². The van der Waals surface area contributed by atoms with Crippen molar-refractivity contribution < 1.29 is 28.6 Å². The van der Waals surface area contributed by atoms with Gasteiger partial charge in [-0.25, -0.2) is 0 Å². The molecule has 0 aliphatic heterocycles. The molecule has 0 saturated carbocycles. The molecule has 6 heteroatoms. The Hall–Kier alpha value is -2.89. The Bertz CT molecular complexity index is 1310. The summed E-state index contributed by atoms with van der Waals surface area (Å²) in [6, 6.07) is 0. The summed E-state index contributed by atoms with van der Waals surface area (Å²) in [5.41, 5.74) is 0. The van der Waals surface area contributed by atoms with Crippen LogP contribution in [0.3, 0.4) is 0 Å². The first-order valence-corrected chi connectivity index (χ1v) is 31.8. The summed E-state index contributed by atoms with van der Waals surface area (Å²) < 4.78 is 16.9. The van der Waals surface area contributed by atoms with Gasteiger partial charge in [-0.2, -0.15) is 0 Å². The van der Waals surface area contributed by atoms with Gasteiger partial charge in [-0.1, -0.05) is 287 Å². The van der Waals surface area contributed by atoms with E-state index in [0.717, 1.165) is 96.3 Å². The molecule has 0 bridgehead atoms. The SMILES string of the molecule is CC/C=C\C/C=C\C/C=C\C/C=C\CCCCCCC(=O)OC(COC(=O)CCCCCCCCCCCCC)COC(=O)CCCCCCCCCCCCCCCCC/C=C\CCCCCCCCCC. The number of carbonyl (C=O) groups excluding carboxylic acids is 3. The summed E-state index contributed by atoms with van der Waals surface area (Å²) in [6.07, 6.45) is 78.1. The second kappa shape index (κ2) is 61.7. The van der Waals surface area contributed by atoms with E-state index in [1.807, 2.05) is 0 Å². The van der Waals surface area contributed by atoms with Crippen molar-refractivity contribution in [2.45, 2.75) is 335 Å². The summed E-state index contributed by atoms with van der Waals surface area (Å²) in [7, 11) is 0. The third kappa shape index (κ3) is 59.9. The molecule has 0 aromatic heterocycles. The summed E-state index contributed by atoms with van der Waals surface area (Å²) in [4.78, 5) is 38.2. The van der Waals surface area contributed by atoms with Crippen LogP contribution in [0, 0.1) is 0 Å². The van der Waals surface area contributed by atoms with Crippen molar-refractivity contribution in [3.8, 4) is 0 Å². The van der Waals surface area contributed by atoms with Gasteiger partial charge in [0.15, 0.2) is 6.10 Å². The van der Waals surface area contributed by atoms with Crippen LogP contribution in [-0.2, 0) is 28.6 Å². The van der Waals surface area contributed by atoms with Crippen LogP contribution in [0.15, 0.2) is 60.8 Å². The molecule has 0 amide bonds. The monoisotopic (exact) mass is 1020 g/mol. The largest absolute Gasteiger partial charge is 0.462 e. The Labute approximate surface area is 453 Å². The average molecular weight is 1020 g/mol. The molecule has 424 valence electrons. The normalized spacial score (nSPS) is 12.4. The lowest BCUT2D eigenvalue weighted by molar-refractivity contribution is -0.167. The molecule has 0 aliphatic rings. The van der Waals surface area contributed by atoms with Gasteiger partial charge in [0.2, 0.25) is 0 Å². The highest BCUT2D eigenvalue weighted by atomic mass is 16.6. The first kappa shape index (κ1) is 70.1. The predicted molar refractivity (Wildman–Crippen MR) is 316 cm³/mol. The second-order valence-corrected chi connectivity index (χ2v) is 21.3. The van der Waals surface area contributed by atoms with E-state index in [-0.39, 0.29) is 31.1 Å². The Morgan fingerprint density at radius 2 is 0.534 bits per heavy atom. The van der Waals surface area contributed by atoms with Gasteiger partial charge in [-0.05, 0) is 83.5 Å². The third-order valence-corrected chi connectivity index (χ3v) is 14.0. The van der Waals surface area contributed by atoms with Gasteiger partial charge in [-0.15, -0.1) is 0 Å². The maximum absolute atomic E-state index is 12.9. The van der Waals surface area contributed by atoms with Gasteiger partial charge in [0, 0.05) is 19.3 Å². The molecule has 0 N–H and O–H groups in total. The highest BCUT2D eigenvalue weighted by molar-refractivity contribution is 5.71. The van der Waals surface area contributed by atoms with E-state index in [1.165, 1.54) is 193 Å². The Morgan fingerprint density at radius 1 is 0.288 bits per heavy atom. The summed E-state index contributed by atoms with van der Waals surface area (Å²) in [5.74, 6) is -0.890. The molecule has 0 fully saturated rings. The molecule has 73 heavy (non-hydrogen) atoms. The Kier molecular flexibility index (Phi) is 59.2. The highest BCUT2D eigenvalue weighted by Gasteiger charge is 2.19. The van der Waals surface area contributed by atoms with Gasteiger partial charge in [0.25, 0.3) is 0 Å². The van der Waals surface area contributed by atoms with Crippen LogP contribution in [0.4, 0.5) is 0 Å². The van der Waals surface area contributed by atoms with E-state index in [9.17, 15) is 14.4 Å². The molecule has 0 saturated heterocycles.